The molecule has 0 atom stereocenters. The summed E-state index contributed by atoms with van der Waals surface area (Å²) in [5, 5.41) is 17.7. The Labute approximate surface area is 169 Å². The fourth-order valence-electron chi connectivity index (χ4n) is 3.99. The number of nitrogens with zero attached hydrogens (tertiary/aromatic N) is 2. The third-order valence-corrected chi connectivity index (χ3v) is 5.32. The molecule has 0 amide bonds. The molecule has 2 heterocycles. The number of fused-ring (bicyclic) bond motifs is 2. The van der Waals surface area contributed by atoms with Crippen molar-refractivity contribution < 1.29 is 18.7 Å². The van der Waals surface area contributed by atoms with Crippen molar-refractivity contribution in [3.05, 3.63) is 83.7 Å². The van der Waals surface area contributed by atoms with Crippen LogP contribution in [-0.4, -0.2) is 25.8 Å². The number of H-pyrrole nitrogens is 1. The molecule has 148 valence electrons. The van der Waals surface area contributed by atoms with E-state index in [1.807, 2.05) is 23.6 Å². The monoisotopic (exact) mass is 403 g/mol. The van der Waals surface area contributed by atoms with Gasteiger partial charge in [0.25, 0.3) is 0 Å². The van der Waals surface area contributed by atoms with Crippen molar-refractivity contribution in [1.29, 1.82) is 0 Å². The van der Waals surface area contributed by atoms with Crippen molar-refractivity contribution in [1.82, 2.24) is 14.8 Å². The molecule has 3 aromatic carbocycles. The molecule has 0 saturated heterocycles. The lowest BCUT2D eigenvalue weighted by atomic mass is 9.99. The average Bonchev–Trinajstić information content (AvgIpc) is 3.27. The first-order valence-corrected chi connectivity index (χ1v) is 9.21. The summed E-state index contributed by atoms with van der Waals surface area (Å²) < 4.78 is 30.8. The average molecular weight is 403 g/mol. The molecular formula is C23H15F2N3O2. The summed E-state index contributed by atoms with van der Waals surface area (Å²) in [5.74, 6) is -2.21. The molecule has 0 bridgehead atoms. The largest absolute Gasteiger partial charge is 0.478 e. The Morgan fingerprint density at radius 3 is 2.67 bits per heavy atom. The number of rotatable bonds is 3. The second kappa shape index (κ2) is 6.52. The molecule has 0 aliphatic carbocycles. The van der Waals surface area contributed by atoms with Crippen LogP contribution in [0.5, 0.6) is 0 Å². The van der Waals surface area contributed by atoms with Crippen LogP contribution in [0, 0.1) is 18.6 Å². The highest BCUT2D eigenvalue weighted by molar-refractivity contribution is 6.05. The van der Waals surface area contributed by atoms with Crippen molar-refractivity contribution in [2.45, 2.75) is 6.92 Å². The molecule has 7 heteroatoms. The molecule has 5 aromatic rings. The molecule has 5 nitrogen and oxygen atoms in total. The van der Waals surface area contributed by atoms with E-state index < -0.39 is 11.8 Å². The van der Waals surface area contributed by atoms with Gasteiger partial charge in [0, 0.05) is 33.3 Å². The van der Waals surface area contributed by atoms with Gasteiger partial charge in [-0.15, -0.1) is 0 Å². The Bertz CT molecular complexity index is 1470. The van der Waals surface area contributed by atoms with Gasteiger partial charge in [-0.05, 0) is 49.4 Å². The van der Waals surface area contributed by atoms with Gasteiger partial charge in [0.2, 0.25) is 0 Å². The fraction of sp³-hybridized carbons (Fsp3) is 0.0435. The topological polar surface area (TPSA) is 70.9 Å². The SMILES string of the molecule is Cc1c(-c2ccc(C(=O)O)cc2F)c2cc3[nH]ncc3cc2n1-c1cccc(F)c1. The summed E-state index contributed by atoms with van der Waals surface area (Å²) in [6, 6.07) is 13.8. The van der Waals surface area contributed by atoms with E-state index in [0.29, 0.717) is 16.9 Å². The van der Waals surface area contributed by atoms with Gasteiger partial charge < -0.3 is 9.67 Å². The van der Waals surface area contributed by atoms with Crippen LogP contribution in [0.25, 0.3) is 38.6 Å². The van der Waals surface area contributed by atoms with Gasteiger partial charge >= 0.3 is 5.97 Å². The lowest BCUT2D eigenvalue weighted by Crippen LogP contribution is -1.99. The normalized spacial score (nSPS) is 11.4. The van der Waals surface area contributed by atoms with Gasteiger partial charge in [-0.25, -0.2) is 13.6 Å². The highest BCUT2D eigenvalue weighted by Crippen LogP contribution is 2.39. The summed E-state index contributed by atoms with van der Waals surface area (Å²) in [4.78, 5) is 11.2. The molecule has 0 radical (unpaired) electrons. The zero-order valence-corrected chi connectivity index (χ0v) is 15.8. The Balaban J connectivity index is 1.88. The van der Waals surface area contributed by atoms with Crippen molar-refractivity contribution >= 4 is 27.8 Å². The third kappa shape index (κ3) is 2.67. The van der Waals surface area contributed by atoms with E-state index in [0.717, 1.165) is 27.9 Å². The van der Waals surface area contributed by atoms with E-state index in [2.05, 4.69) is 10.2 Å². The minimum Gasteiger partial charge on any atom is -0.478 e. The Morgan fingerprint density at radius 1 is 1.10 bits per heavy atom. The van der Waals surface area contributed by atoms with E-state index in [9.17, 15) is 13.6 Å². The summed E-state index contributed by atoms with van der Waals surface area (Å²) >= 11 is 0. The van der Waals surface area contributed by atoms with Crippen molar-refractivity contribution in [2.75, 3.05) is 0 Å². The first-order chi connectivity index (χ1) is 14.4. The molecule has 0 aliphatic rings. The number of aromatic amines is 1. The quantitative estimate of drug-likeness (QED) is 0.420. The van der Waals surface area contributed by atoms with Crippen LogP contribution >= 0.6 is 0 Å². The van der Waals surface area contributed by atoms with Crippen LogP contribution in [0.2, 0.25) is 0 Å². The van der Waals surface area contributed by atoms with E-state index in [-0.39, 0.29) is 16.9 Å². The summed E-state index contributed by atoms with van der Waals surface area (Å²) in [5.41, 5.74) is 3.62. The summed E-state index contributed by atoms with van der Waals surface area (Å²) in [7, 11) is 0. The second-order valence-corrected chi connectivity index (χ2v) is 7.10. The number of hydrogen-bond acceptors (Lipinski definition) is 2. The van der Waals surface area contributed by atoms with Crippen LogP contribution in [0.1, 0.15) is 16.1 Å². The number of aromatic carboxylic acids is 1. The van der Waals surface area contributed by atoms with Crippen LogP contribution < -0.4 is 0 Å². The smallest absolute Gasteiger partial charge is 0.335 e. The van der Waals surface area contributed by atoms with Crippen LogP contribution in [0.15, 0.2) is 60.8 Å². The van der Waals surface area contributed by atoms with E-state index in [4.69, 9.17) is 5.11 Å². The van der Waals surface area contributed by atoms with E-state index in [1.165, 1.54) is 24.3 Å². The fourth-order valence-corrected chi connectivity index (χ4v) is 3.99. The van der Waals surface area contributed by atoms with E-state index in [1.54, 1.807) is 18.3 Å². The zero-order chi connectivity index (χ0) is 21.0. The van der Waals surface area contributed by atoms with Crippen molar-refractivity contribution in [2.24, 2.45) is 0 Å². The first kappa shape index (κ1) is 18.1. The van der Waals surface area contributed by atoms with Crippen molar-refractivity contribution in [3.63, 3.8) is 0 Å². The zero-order valence-electron chi connectivity index (χ0n) is 15.8. The number of carbonyl (C=O) groups is 1. The molecule has 0 spiro atoms. The lowest BCUT2D eigenvalue weighted by Gasteiger charge is -2.10. The summed E-state index contributed by atoms with van der Waals surface area (Å²) in [6.45, 7) is 1.83. The Morgan fingerprint density at radius 2 is 1.93 bits per heavy atom. The predicted molar refractivity (Wildman–Crippen MR) is 110 cm³/mol. The van der Waals surface area contributed by atoms with Gasteiger partial charge in [0.15, 0.2) is 0 Å². The molecule has 2 N–H and O–H groups in total. The van der Waals surface area contributed by atoms with Gasteiger partial charge in [-0.3, -0.25) is 5.10 Å². The van der Waals surface area contributed by atoms with Gasteiger partial charge in [0.05, 0.1) is 22.8 Å². The minimum atomic E-state index is -1.20. The van der Waals surface area contributed by atoms with E-state index >= 15 is 0 Å². The van der Waals surface area contributed by atoms with Gasteiger partial charge in [-0.2, -0.15) is 5.10 Å². The third-order valence-electron chi connectivity index (χ3n) is 5.32. The number of carboxylic acids is 1. The van der Waals surface area contributed by atoms with Crippen LogP contribution in [-0.2, 0) is 0 Å². The molecule has 0 unspecified atom stereocenters. The Hall–Kier alpha value is -4.00. The molecule has 2 aromatic heterocycles. The molecule has 5 rings (SSSR count). The molecule has 30 heavy (non-hydrogen) atoms. The number of carboxylic acid groups (broad SMARTS) is 1. The number of aromatic nitrogens is 3. The summed E-state index contributed by atoms with van der Waals surface area (Å²) in [6.07, 6.45) is 1.69. The maximum atomic E-state index is 15.0. The second-order valence-electron chi connectivity index (χ2n) is 7.10. The predicted octanol–water partition coefficient (Wildman–Crippen LogP) is 5.46. The molecule has 0 aliphatic heterocycles. The lowest BCUT2D eigenvalue weighted by molar-refractivity contribution is 0.0696. The highest BCUT2D eigenvalue weighted by atomic mass is 19.1. The minimum absolute atomic E-state index is 0.126. The van der Waals surface area contributed by atoms with Gasteiger partial charge in [-0.1, -0.05) is 12.1 Å². The van der Waals surface area contributed by atoms with Crippen molar-refractivity contribution in [3.8, 4) is 16.8 Å². The molecular weight excluding hydrogens is 388 g/mol. The number of nitrogens with one attached hydrogen (secondary N) is 1. The molecule has 0 saturated carbocycles. The Kier molecular flexibility index (Phi) is 3.92. The van der Waals surface area contributed by atoms with Gasteiger partial charge in [0.1, 0.15) is 11.6 Å². The maximum Gasteiger partial charge on any atom is 0.335 e. The highest BCUT2D eigenvalue weighted by Gasteiger charge is 2.21. The number of hydrogen-bond donors (Lipinski definition) is 2. The van der Waals surface area contributed by atoms with Crippen LogP contribution in [0.3, 0.4) is 0 Å². The number of benzene rings is 3. The van der Waals surface area contributed by atoms with Crippen LogP contribution in [0.4, 0.5) is 8.78 Å². The number of halogens is 2. The standard InChI is InChI=1S/C23H15F2N3O2/c1-12-22(17-6-5-13(23(29)30)7-19(17)25)18-10-20-14(11-26-27-20)8-21(18)28(12)16-4-2-3-15(24)9-16/h2-11H,1H3,(H,26,27)(H,29,30). The first-order valence-electron chi connectivity index (χ1n) is 9.21. The maximum absolute atomic E-state index is 15.0. The molecule has 0 fully saturated rings.